The lowest BCUT2D eigenvalue weighted by molar-refractivity contribution is -0.113. The third kappa shape index (κ3) is 5.74. The number of halogens is 3. The minimum Gasteiger partial charge on any atom is -0.483 e. The van der Waals surface area contributed by atoms with Crippen molar-refractivity contribution in [3.8, 4) is 5.75 Å². The molecule has 1 unspecified atom stereocenters. The summed E-state index contributed by atoms with van der Waals surface area (Å²) in [7, 11) is 0. The zero-order valence-corrected chi connectivity index (χ0v) is 19.4. The van der Waals surface area contributed by atoms with Crippen LogP contribution in [0.2, 0.25) is 5.02 Å². The minimum absolute atomic E-state index is 0.0458. The number of anilines is 1. The molecule has 0 spiro atoms. The van der Waals surface area contributed by atoms with E-state index in [2.05, 4.69) is 31.4 Å². The first-order chi connectivity index (χ1) is 14.4. The van der Waals surface area contributed by atoms with E-state index in [1.807, 2.05) is 42.7 Å². The summed E-state index contributed by atoms with van der Waals surface area (Å²) in [6, 6.07) is 11.6. The van der Waals surface area contributed by atoms with Crippen LogP contribution >= 0.6 is 39.3 Å². The first-order valence-corrected chi connectivity index (χ1v) is 11.3. The Kier molecular flexibility index (Phi) is 7.74. The summed E-state index contributed by atoms with van der Waals surface area (Å²) < 4.78 is 22.1. The van der Waals surface area contributed by atoms with Crippen molar-refractivity contribution in [1.82, 2.24) is 14.8 Å². The first-order valence-electron chi connectivity index (χ1n) is 9.10. The van der Waals surface area contributed by atoms with Crippen molar-refractivity contribution in [2.24, 2.45) is 0 Å². The fourth-order valence-corrected chi connectivity index (χ4v) is 3.93. The SMILES string of the molecule is CCn1c(SCC(=O)Nc2ccc(F)c(Cl)c2)nnc1C(C)Oc1ccc(Br)cc1. The van der Waals surface area contributed by atoms with Gasteiger partial charge in [0, 0.05) is 16.7 Å². The Morgan fingerprint density at radius 2 is 2.03 bits per heavy atom. The van der Waals surface area contributed by atoms with Gasteiger partial charge < -0.3 is 14.6 Å². The Hall–Kier alpha value is -2.10. The van der Waals surface area contributed by atoms with E-state index in [-0.39, 0.29) is 22.8 Å². The quantitative estimate of drug-likeness (QED) is 0.390. The van der Waals surface area contributed by atoms with E-state index >= 15 is 0 Å². The number of rotatable bonds is 8. The molecule has 3 rings (SSSR count). The molecule has 0 saturated carbocycles. The van der Waals surface area contributed by atoms with Gasteiger partial charge >= 0.3 is 0 Å². The van der Waals surface area contributed by atoms with Gasteiger partial charge in [-0.1, -0.05) is 39.3 Å². The van der Waals surface area contributed by atoms with Crippen LogP contribution < -0.4 is 10.1 Å². The molecule has 158 valence electrons. The highest BCUT2D eigenvalue weighted by molar-refractivity contribution is 9.10. The van der Waals surface area contributed by atoms with Gasteiger partial charge in [-0.15, -0.1) is 10.2 Å². The van der Waals surface area contributed by atoms with Gasteiger partial charge in [0.15, 0.2) is 17.1 Å². The standard InChI is InChI=1S/C20H19BrClFN4O2S/c1-3-27-19(12(2)29-15-7-4-13(21)5-8-15)25-26-20(27)30-11-18(28)24-14-6-9-17(23)16(22)10-14/h4-10,12H,3,11H2,1-2H3,(H,24,28). The lowest BCUT2D eigenvalue weighted by Gasteiger charge is -2.15. The highest BCUT2D eigenvalue weighted by Gasteiger charge is 2.19. The number of nitrogens with zero attached hydrogens (tertiary/aromatic N) is 3. The number of amides is 1. The number of thioether (sulfide) groups is 1. The minimum atomic E-state index is -0.535. The van der Waals surface area contributed by atoms with Gasteiger partial charge in [-0.2, -0.15) is 0 Å². The van der Waals surface area contributed by atoms with Gasteiger partial charge in [-0.3, -0.25) is 4.79 Å². The number of hydrogen-bond acceptors (Lipinski definition) is 5. The Balaban J connectivity index is 1.62. The maximum Gasteiger partial charge on any atom is 0.234 e. The largest absolute Gasteiger partial charge is 0.483 e. The van der Waals surface area contributed by atoms with Gasteiger partial charge in [-0.25, -0.2) is 4.39 Å². The Labute approximate surface area is 191 Å². The van der Waals surface area contributed by atoms with Crippen LogP contribution in [0.25, 0.3) is 0 Å². The number of nitrogens with one attached hydrogen (secondary N) is 1. The van der Waals surface area contributed by atoms with Gasteiger partial charge in [0.25, 0.3) is 0 Å². The lowest BCUT2D eigenvalue weighted by Crippen LogP contribution is -2.15. The zero-order chi connectivity index (χ0) is 21.7. The predicted molar refractivity (Wildman–Crippen MR) is 120 cm³/mol. The maximum atomic E-state index is 13.2. The molecule has 2 aromatic carbocycles. The highest BCUT2D eigenvalue weighted by Crippen LogP contribution is 2.26. The fourth-order valence-electron chi connectivity index (χ4n) is 2.68. The molecule has 0 bridgehead atoms. The summed E-state index contributed by atoms with van der Waals surface area (Å²) in [5, 5.41) is 11.7. The van der Waals surface area contributed by atoms with E-state index in [1.54, 1.807) is 0 Å². The molecule has 30 heavy (non-hydrogen) atoms. The molecule has 1 aromatic heterocycles. The van der Waals surface area contributed by atoms with Crippen molar-refractivity contribution >= 4 is 50.9 Å². The molecule has 6 nitrogen and oxygen atoms in total. The van der Waals surface area contributed by atoms with Crippen LogP contribution in [0.5, 0.6) is 5.75 Å². The third-order valence-electron chi connectivity index (χ3n) is 4.09. The second-order valence-corrected chi connectivity index (χ2v) is 8.53. The average Bonchev–Trinajstić information content (AvgIpc) is 3.14. The third-order valence-corrected chi connectivity index (χ3v) is 5.87. The summed E-state index contributed by atoms with van der Waals surface area (Å²) in [5.41, 5.74) is 0.432. The van der Waals surface area contributed by atoms with E-state index in [4.69, 9.17) is 16.3 Å². The van der Waals surface area contributed by atoms with Gasteiger partial charge in [0.05, 0.1) is 10.8 Å². The van der Waals surface area contributed by atoms with E-state index < -0.39 is 5.82 Å². The van der Waals surface area contributed by atoms with Crippen LogP contribution in [0.3, 0.4) is 0 Å². The van der Waals surface area contributed by atoms with Crippen molar-refractivity contribution in [1.29, 1.82) is 0 Å². The molecule has 0 aliphatic rings. The molecule has 10 heteroatoms. The summed E-state index contributed by atoms with van der Waals surface area (Å²) in [5.74, 6) is 0.729. The van der Waals surface area contributed by atoms with Crippen LogP contribution in [0.4, 0.5) is 10.1 Å². The molecule has 1 atom stereocenters. The van der Waals surface area contributed by atoms with E-state index in [9.17, 15) is 9.18 Å². The van der Waals surface area contributed by atoms with Crippen LogP contribution in [0.1, 0.15) is 25.8 Å². The topological polar surface area (TPSA) is 69.0 Å². The Morgan fingerprint density at radius 3 is 2.70 bits per heavy atom. The monoisotopic (exact) mass is 512 g/mol. The fraction of sp³-hybridized carbons (Fsp3) is 0.250. The van der Waals surface area contributed by atoms with Crippen LogP contribution in [0, 0.1) is 5.82 Å². The predicted octanol–water partition coefficient (Wildman–Crippen LogP) is 5.72. The van der Waals surface area contributed by atoms with E-state index in [1.165, 1.54) is 30.0 Å². The molecular weight excluding hydrogens is 495 g/mol. The highest BCUT2D eigenvalue weighted by atomic mass is 79.9. The van der Waals surface area contributed by atoms with Gasteiger partial charge in [0.1, 0.15) is 11.6 Å². The zero-order valence-electron chi connectivity index (χ0n) is 16.2. The second kappa shape index (κ2) is 10.3. The average molecular weight is 514 g/mol. The van der Waals surface area contributed by atoms with Gasteiger partial charge in [0.2, 0.25) is 5.91 Å². The van der Waals surface area contributed by atoms with Crippen LogP contribution in [0.15, 0.2) is 52.1 Å². The van der Waals surface area contributed by atoms with Crippen LogP contribution in [-0.2, 0) is 11.3 Å². The number of benzene rings is 2. The molecule has 0 saturated heterocycles. The van der Waals surface area contributed by atoms with Crippen molar-refractivity contribution in [2.45, 2.75) is 31.7 Å². The summed E-state index contributed by atoms with van der Waals surface area (Å²) >= 11 is 10.4. The molecule has 1 heterocycles. The van der Waals surface area contributed by atoms with Crippen molar-refractivity contribution < 1.29 is 13.9 Å². The number of hydrogen-bond donors (Lipinski definition) is 1. The Bertz CT molecular complexity index is 1030. The molecule has 0 aliphatic carbocycles. The number of ether oxygens (including phenoxy) is 1. The number of carbonyl (C=O) groups is 1. The molecule has 0 fully saturated rings. The van der Waals surface area contributed by atoms with Crippen molar-refractivity contribution in [2.75, 3.05) is 11.1 Å². The molecule has 0 aliphatic heterocycles. The Morgan fingerprint density at radius 1 is 1.30 bits per heavy atom. The normalized spacial score (nSPS) is 11.9. The summed E-state index contributed by atoms with van der Waals surface area (Å²) in [6.45, 7) is 4.51. The molecule has 1 N–H and O–H groups in total. The maximum absolute atomic E-state index is 13.2. The molecular formula is C20H19BrClFN4O2S. The number of aromatic nitrogens is 3. The molecule has 1 amide bonds. The number of carbonyl (C=O) groups excluding carboxylic acids is 1. The van der Waals surface area contributed by atoms with E-state index in [0.29, 0.717) is 23.2 Å². The first kappa shape index (κ1) is 22.6. The second-order valence-electron chi connectivity index (χ2n) is 6.26. The molecule has 3 aromatic rings. The smallest absolute Gasteiger partial charge is 0.234 e. The summed E-state index contributed by atoms with van der Waals surface area (Å²) in [6.07, 6.45) is -0.317. The molecule has 0 radical (unpaired) electrons. The van der Waals surface area contributed by atoms with Crippen molar-refractivity contribution in [3.63, 3.8) is 0 Å². The van der Waals surface area contributed by atoms with Crippen molar-refractivity contribution in [3.05, 3.63) is 63.6 Å². The summed E-state index contributed by atoms with van der Waals surface area (Å²) in [4.78, 5) is 12.2. The lowest BCUT2D eigenvalue weighted by atomic mass is 10.3. The van der Waals surface area contributed by atoms with Gasteiger partial charge in [-0.05, 0) is 56.3 Å². The van der Waals surface area contributed by atoms with E-state index in [0.717, 1.165) is 10.2 Å². The van der Waals surface area contributed by atoms with Crippen LogP contribution in [-0.4, -0.2) is 26.4 Å².